The summed E-state index contributed by atoms with van der Waals surface area (Å²) in [6, 6.07) is 7.95. The Hall–Kier alpha value is -2.13. The Morgan fingerprint density at radius 2 is 1.96 bits per heavy atom. The molecule has 7 heteroatoms. The van der Waals surface area contributed by atoms with Gasteiger partial charge in [-0.15, -0.1) is 0 Å². The number of halogens is 1. The van der Waals surface area contributed by atoms with Crippen LogP contribution in [0.4, 0.5) is 0 Å². The monoisotopic (exact) mass is 506 g/mol. The molecule has 0 fully saturated rings. The Labute approximate surface area is 179 Å². The van der Waals surface area contributed by atoms with Crippen molar-refractivity contribution in [3.8, 4) is 11.5 Å². The summed E-state index contributed by atoms with van der Waals surface area (Å²) < 4.78 is 14.4. The molecule has 2 heterocycles. The van der Waals surface area contributed by atoms with E-state index in [1.165, 1.54) is 16.9 Å². The average Bonchev–Trinajstić information content (AvgIpc) is 3.12. The van der Waals surface area contributed by atoms with Crippen LogP contribution in [0.5, 0.6) is 11.5 Å². The fourth-order valence-corrected chi connectivity index (χ4v) is 5.03. The number of aryl methyl sites for hydroxylation is 2. The summed E-state index contributed by atoms with van der Waals surface area (Å²) >= 11 is 3.62. The first-order chi connectivity index (χ1) is 13.4. The fraction of sp³-hybridized carbons (Fsp3) is 0.238. The van der Waals surface area contributed by atoms with Crippen LogP contribution in [0.2, 0.25) is 0 Å². The normalized spacial score (nSPS) is 12.2. The lowest BCUT2D eigenvalue weighted by Crippen LogP contribution is -2.22. The molecule has 0 radical (unpaired) electrons. The Bertz CT molecular complexity index is 1320. The van der Waals surface area contributed by atoms with Crippen LogP contribution in [0.25, 0.3) is 22.1 Å². The molecule has 28 heavy (non-hydrogen) atoms. The van der Waals surface area contributed by atoms with Crippen molar-refractivity contribution in [3.63, 3.8) is 0 Å². The number of methoxy groups -OCH3 is 1. The van der Waals surface area contributed by atoms with Gasteiger partial charge in [0.15, 0.2) is 16.5 Å². The van der Waals surface area contributed by atoms with Gasteiger partial charge in [0.1, 0.15) is 0 Å². The van der Waals surface area contributed by atoms with E-state index in [0.29, 0.717) is 27.6 Å². The van der Waals surface area contributed by atoms with E-state index in [1.807, 2.05) is 44.2 Å². The zero-order valence-corrected chi connectivity index (χ0v) is 19.0. The summed E-state index contributed by atoms with van der Waals surface area (Å²) in [4.78, 5) is 18.4. The summed E-state index contributed by atoms with van der Waals surface area (Å²) in [6.45, 7) is 6.58. The first kappa shape index (κ1) is 19.2. The predicted molar refractivity (Wildman–Crippen MR) is 122 cm³/mol. The first-order valence-electron chi connectivity index (χ1n) is 8.87. The van der Waals surface area contributed by atoms with Crippen molar-refractivity contribution >= 4 is 56.0 Å². The topological polar surface area (TPSA) is 52.8 Å². The highest BCUT2D eigenvalue weighted by atomic mass is 127. The van der Waals surface area contributed by atoms with Crippen LogP contribution < -0.4 is 19.6 Å². The van der Waals surface area contributed by atoms with E-state index < -0.39 is 0 Å². The van der Waals surface area contributed by atoms with E-state index in [1.54, 1.807) is 11.5 Å². The first-order valence-corrected chi connectivity index (χ1v) is 10.8. The Kier molecular flexibility index (Phi) is 5.05. The van der Waals surface area contributed by atoms with E-state index in [9.17, 15) is 4.79 Å². The number of ether oxygens (including phenoxy) is 2. The molecule has 144 valence electrons. The Morgan fingerprint density at radius 3 is 2.68 bits per heavy atom. The Balaban J connectivity index is 1.92. The second-order valence-electron chi connectivity index (χ2n) is 6.54. The average molecular weight is 506 g/mol. The lowest BCUT2D eigenvalue weighted by Gasteiger charge is -2.11. The smallest absolute Gasteiger partial charge is 0.274 e. The maximum absolute atomic E-state index is 13.1. The third-order valence-corrected chi connectivity index (χ3v) is 6.46. The number of imidazole rings is 1. The van der Waals surface area contributed by atoms with Gasteiger partial charge in [0.05, 0.1) is 32.9 Å². The quantitative estimate of drug-likeness (QED) is 0.392. The van der Waals surface area contributed by atoms with Gasteiger partial charge in [0.25, 0.3) is 5.56 Å². The highest BCUT2D eigenvalue weighted by molar-refractivity contribution is 14.1. The minimum atomic E-state index is -0.0467. The second-order valence-corrected chi connectivity index (χ2v) is 8.71. The van der Waals surface area contributed by atoms with Gasteiger partial charge in [-0.1, -0.05) is 11.3 Å². The van der Waals surface area contributed by atoms with Crippen molar-refractivity contribution in [1.82, 2.24) is 9.38 Å². The molecule has 2 aromatic carbocycles. The molecule has 0 amide bonds. The van der Waals surface area contributed by atoms with Crippen molar-refractivity contribution in [1.29, 1.82) is 0 Å². The van der Waals surface area contributed by atoms with Gasteiger partial charge in [-0.05, 0) is 90.4 Å². The van der Waals surface area contributed by atoms with Crippen molar-refractivity contribution in [2.45, 2.75) is 20.8 Å². The zero-order chi connectivity index (χ0) is 20.0. The van der Waals surface area contributed by atoms with E-state index in [0.717, 1.165) is 25.7 Å². The summed E-state index contributed by atoms with van der Waals surface area (Å²) in [7, 11) is 1.63. The van der Waals surface area contributed by atoms with E-state index >= 15 is 0 Å². The lowest BCUT2D eigenvalue weighted by atomic mass is 10.1. The van der Waals surface area contributed by atoms with Crippen LogP contribution in [0.15, 0.2) is 29.1 Å². The molecule has 2 aromatic heterocycles. The van der Waals surface area contributed by atoms with Crippen LogP contribution in [-0.2, 0) is 0 Å². The zero-order valence-electron chi connectivity index (χ0n) is 16.0. The largest absolute Gasteiger partial charge is 0.492 e. The molecule has 4 aromatic rings. The SMILES string of the molecule is CCOc1cc(/C=c2/sc3nc4cc(C)c(C)cc4n3c2=O)cc(I)c1OC. The van der Waals surface area contributed by atoms with Crippen LogP contribution >= 0.6 is 33.9 Å². The highest BCUT2D eigenvalue weighted by Gasteiger charge is 2.14. The number of aromatic nitrogens is 2. The van der Waals surface area contributed by atoms with Gasteiger partial charge in [0, 0.05) is 0 Å². The molecule has 0 atom stereocenters. The van der Waals surface area contributed by atoms with Gasteiger partial charge < -0.3 is 9.47 Å². The molecule has 0 spiro atoms. The van der Waals surface area contributed by atoms with Gasteiger partial charge in [-0.25, -0.2) is 9.38 Å². The second kappa shape index (κ2) is 7.36. The minimum absolute atomic E-state index is 0.0467. The molecule has 0 saturated heterocycles. The standard InChI is InChI=1S/C21H19IN2O3S/c1-5-27-17-9-13(8-14(22)19(17)26-4)10-18-20(25)24-16-7-12(3)11(2)6-15(16)23-21(24)28-18/h6-10H,5H2,1-4H3/b18-10+. The van der Waals surface area contributed by atoms with Gasteiger partial charge in [-0.3, -0.25) is 4.79 Å². The molecule has 0 unspecified atom stereocenters. The predicted octanol–water partition coefficient (Wildman–Crippen LogP) is 4.09. The van der Waals surface area contributed by atoms with Crippen LogP contribution in [0, 0.1) is 17.4 Å². The maximum Gasteiger partial charge on any atom is 0.274 e. The number of fused-ring (bicyclic) bond motifs is 3. The number of benzene rings is 2. The molecule has 0 aliphatic heterocycles. The minimum Gasteiger partial charge on any atom is -0.492 e. The summed E-state index contributed by atoms with van der Waals surface area (Å²) in [5.74, 6) is 1.38. The van der Waals surface area contributed by atoms with Crippen LogP contribution in [0.1, 0.15) is 23.6 Å². The van der Waals surface area contributed by atoms with Crippen molar-refractivity contribution < 1.29 is 9.47 Å². The number of nitrogens with zero attached hydrogens (tertiary/aromatic N) is 2. The number of hydrogen-bond acceptors (Lipinski definition) is 5. The van der Waals surface area contributed by atoms with Crippen LogP contribution in [0.3, 0.4) is 0 Å². The van der Waals surface area contributed by atoms with E-state index in [4.69, 9.17) is 9.47 Å². The number of thiazole rings is 1. The Morgan fingerprint density at radius 1 is 1.21 bits per heavy atom. The molecular weight excluding hydrogens is 487 g/mol. The maximum atomic E-state index is 13.1. The lowest BCUT2D eigenvalue weighted by molar-refractivity contribution is 0.309. The van der Waals surface area contributed by atoms with E-state index in [-0.39, 0.29) is 5.56 Å². The molecule has 0 N–H and O–H groups in total. The molecular formula is C21H19IN2O3S. The summed E-state index contributed by atoms with van der Waals surface area (Å²) in [5, 5.41) is 0. The molecule has 0 bridgehead atoms. The summed E-state index contributed by atoms with van der Waals surface area (Å²) in [6.07, 6.45) is 1.89. The van der Waals surface area contributed by atoms with Gasteiger partial charge in [-0.2, -0.15) is 0 Å². The molecule has 5 nitrogen and oxygen atoms in total. The molecule has 4 rings (SSSR count). The number of hydrogen-bond donors (Lipinski definition) is 0. The highest BCUT2D eigenvalue weighted by Crippen LogP contribution is 2.34. The third-order valence-electron chi connectivity index (χ3n) is 4.69. The van der Waals surface area contributed by atoms with Gasteiger partial charge in [0.2, 0.25) is 0 Å². The third kappa shape index (κ3) is 3.16. The van der Waals surface area contributed by atoms with Crippen molar-refractivity contribution in [2.24, 2.45) is 0 Å². The molecule has 0 aliphatic rings. The van der Waals surface area contributed by atoms with Crippen molar-refractivity contribution in [2.75, 3.05) is 13.7 Å². The summed E-state index contributed by atoms with van der Waals surface area (Å²) in [5.41, 5.74) is 4.89. The van der Waals surface area contributed by atoms with Gasteiger partial charge >= 0.3 is 0 Å². The van der Waals surface area contributed by atoms with E-state index in [2.05, 4.69) is 34.5 Å². The number of rotatable bonds is 4. The van der Waals surface area contributed by atoms with Crippen LogP contribution in [-0.4, -0.2) is 23.1 Å². The fourth-order valence-electron chi connectivity index (χ4n) is 3.20. The van der Waals surface area contributed by atoms with Crippen molar-refractivity contribution in [3.05, 3.63) is 59.4 Å². The molecule has 0 aliphatic carbocycles. The molecule has 0 saturated carbocycles.